The largest absolute Gasteiger partial charge is 0.368 e. The molecule has 1 aliphatic rings. The summed E-state index contributed by atoms with van der Waals surface area (Å²) < 4.78 is 0. The minimum atomic E-state index is 0.0278. The Morgan fingerprint density at radius 2 is 1.67 bits per heavy atom. The van der Waals surface area contributed by atoms with Crippen molar-refractivity contribution in [3.05, 3.63) is 65.2 Å². The average Bonchev–Trinajstić information content (AvgIpc) is 2.61. The van der Waals surface area contributed by atoms with E-state index < -0.39 is 0 Å². The van der Waals surface area contributed by atoms with Gasteiger partial charge in [-0.15, -0.1) is 0 Å². The van der Waals surface area contributed by atoms with Crippen molar-refractivity contribution in [1.82, 2.24) is 10.2 Å². The second-order valence-electron chi connectivity index (χ2n) is 6.46. The molecular formula is C20H25N3O. The van der Waals surface area contributed by atoms with Crippen LogP contribution >= 0.6 is 0 Å². The van der Waals surface area contributed by atoms with E-state index in [-0.39, 0.29) is 6.03 Å². The van der Waals surface area contributed by atoms with Crippen LogP contribution in [0.3, 0.4) is 0 Å². The van der Waals surface area contributed by atoms with Crippen molar-refractivity contribution in [3.63, 3.8) is 0 Å². The summed E-state index contributed by atoms with van der Waals surface area (Å²) in [6, 6.07) is 16.9. The minimum absolute atomic E-state index is 0.0278. The number of rotatable bonds is 3. The Kier molecular flexibility index (Phi) is 5.04. The Labute approximate surface area is 144 Å². The SMILES string of the molecule is Cc1ccc(N2CCN(C(=O)NCc3cccc(C)c3)CC2)cc1. The summed E-state index contributed by atoms with van der Waals surface area (Å²) in [6.07, 6.45) is 0. The first-order valence-corrected chi connectivity index (χ1v) is 8.52. The highest BCUT2D eigenvalue weighted by molar-refractivity contribution is 5.74. The summed E-state index contributed by atoms with van der Waals surface area (Å²) in [5.41, 5.74) is 4.86. The van der Waals surface area contributed by atoms with Crippen molar-refractivity contribution >= 4 is 11.7 Å². The van der Waals surface area contributed by atoms with Gasteiger partial charge < -0.3 is 15.1 Å². The fourth-order valence-electron chi connectivity index (χ4n) is 3.03. The number of amides is 2. The molecule has 1 heterocycles. The zero-order valence-corrected chi connectivity index (χ0v) is 14.5. The predicted octanol–water partition coefficient (Wildman–Crippen LogP) is 3.34. The fourth-order valence-corrected chi connectivity index (χ4v) is 3.03. The molecule has 0 radical (unpaired) electrons. The number of hydrogen-bond acceptors (Lipinski definition) is 2. The lowest BCUT2D eigenvalue weighted by Crippen LogP contribution is -2.51. The number of benzene rings is 2. The lowest BCUT2D eigenvalue weighted by molar-refractivity contribution is 0.194. The van der Waals surface area contributed by atoms with Gasteiger partial charge in [0.2, 0.25) is 0 Å². The zero-order valence-electron chi connectivity index (χ0n) is 14.5. The molecule has 0 spiro atoms. The molecule has 1 N–H and O–H groups in total. The molecule has 0 atom stereocenters. The molecule has 0 saturated carbocycles. The van der Waals surface area contributed by atoms with Crippen LogP contribution in [-0.4, -0.2) is 37.1 Å². The molecular weight excluding hydrogens is 298 g/mol. The number of nitrogens with zero attached hydrogens (tertiary/aromatic N) is 2. The topological polar surface area (TPSA) is 35.6 Å². The van der Waals surface area contributed by atoms with E-state index in [2.05, 4.69) is 60.5 Å². The summed E-state index contributed by atoms with van der Waals surface area (Å²) in [5.74, 6) is 0. The Morgan fingerprint density at radius 1 is 0.958 bits per heavy atom. The summed E-state index contributed by atoms with van der Waals surface area (Å²) in [7, 11) is 0. The van der Waals surface area contributed by atoms with E-state index in [0.29, 0.717) is 6.54 Å². The van der Waals surface area contributed by atoms with E-state index in [4.69, 9.17) is 0 Å². The van der Waals surface area contributed by atoms with E-state index in [9.17, 15) is 4.79 Å². The van der Waals surface area contributed by atoms with Crippen molar-refractivity contribution in [1.29, 1.82) is 0 Å². The molecule has 0 aromatic heterocycles. The Bertz CT molecular complexity index is 688. The number of nitrogens with one attached hydrogen (secondary N) is 1. The van der Waals surface area contributed by atoms with E-state index in [1.165, 1.54) is 16.8 Å². The molecule has 1 fully saturated rings. The molecule has 2 amide bonds. The normalized spacial score (nSPS) is 14.6. The minimum Gasteiger partial charge on any atom is -0.368 e. The van der Waals surface area contributed by atoms with Crippen LogP contribution in [-0.2, 0) is 6.54 Å². The van der Waals surface area contributed by atoms with Crippen LogP contribution in [0.5, 0.6) is 0 Å². The molecule has 4 nitrogen and oxygen atoms in total. The van der Waals surface area contributed by atoms with Gasteiger partial charge in [-0.25, -0.2) is 4.79 Å². The van der Waals surface area contributed by atoms with Crippen LogP contribution in [0.25, 0.3) is 0 Å². The monoisotopic (exact) mass is 323 g/mol. The maximum absolute atomic E-state index is 12.3. The number of piperazine rings is 1. The zero-order chi connectivity index (χ0) is 16.9. The lowest BCUT2D eigenvalue weighted by Gasteiger charge is -2.36. The molecule has 24 heavy (non-hydrogen) atoms. The highest BCUT2D eigenvalue weighted by Gasteiger charge is 2.20. The summed E-state index contributed by atoms with van der Waals surface area (Å²) in [4.78, 5) is 16.6. The van der Waals surface area contributed by atoms with Gasteiger partial charge in [-0.2, -0.15) is 0 Å². The van der Waals surface area contributed by atoms with Gasteiger partial charge in [-0.1, -0.05) is 47.5 Å². The maximum Gasteiger partial charge on any atom is 0.317 e. The summed E-state index contributed by atoms with van der Waals surface area (Å²) in [6.45, 7) is 8.01. The van der Waals surface area contributed by atoms with Crippen LogP contribution < -0.4 is 10.2 Å². The van der Waals surface area contributed by atoms with Crippen LogP contribution in [0.4, 0.5) is 10.5 Å². The first kappa shape index (κ1) is 16.4. The van der Waals surface area contributed by atoms with Gasteiger partial charge in [0, 0.05) is 38.4 Å². The third-order valence-electron chi connectivity index (χ3n) is 4.49. The molecule has 1 saturated heterocycles. The van der Waals surface area contributed by atoms with Crippen molar-refractivity contribution in [3.8, 4) is 0 Å². The molecule has 3 rings (SSSR count). The molecule has 2 aromatic rings. The molecule has 0 unspecified atom stereocenters. The van der Waals surface area contributed by atoms with Gasteiger partial charge in [0.1, 0.15) is 0 Å². The third-order valence-corrected chi connectivity index (χ3v) is 4.49. The molecule has 0 bridgehead atoms. The lowest BCUT2D eigenvalue weighted by atomic mass is 10.1. The summed E-state index contributed by atoms with van der Waals surface area (Å²) in [5, 5.41) is 3.03. The van der Waals surface area contributed by atoms with Gasteiger partial charge >= 0.3 is 6.03 Å². The highest BCUT2D eigenvalue weighted by Crippen LogP contribution is 2.17. The van der Waals surface area contributed by atoms with Gasteiger partial charge in [-0.05, 0) is 31.5 Å². The van der Waals surface area contributed by atoms with Crippen LogP contribution in [0, 0.1) is 13.8 Å². The molecule has 1 aliphatic heterocycles. The van der Waals surface area contributed by atoms with Crippen molar-refractivity contribution in [2.24, 2.45) is 0 Å². The van der Waals surface area contributed by atoms with E-state index in [0.717, 1.165) is 31.7 Å². The standard InChI is InChI=1S/C20H25N3O/c1-16-6-8-19(9-7-16)22-10-12-23(13-11-22)20(24)21-15-18-5-3-4-17(2)14-18/h3-9,14H,10-13,15H2,1-2H3,(H,21,24). The van der Waals surface area contributed by atoms with Crippen molar-refractivity contribution in [2.75, 3.05) is 31.1 Å². The van der Waals surface area contributed by atoms with E-state index in [1.54, 1.807) is 0 Å². The summed E-state index contributed by atoms with van der Waals surface area (Å²) >= 11 is 0. The van der Waals surface area contributed by atoms with Crippen molar-refractivity contribution in [2.45, 2.75) is 20.4 Å². The van der Waals surface area contributed by atoms with E-state index in [1.807, 2.05) is 17.0 Å². The number of aryl methyl sites for hydroxylation is 2. The Hall–Kier alpha value is -2.49. The van der Waals surface area contributed by atoms with Gasteiger partial charge in [0.15, 0.2) is 0 Å². The highest BCUT2D eigenvalue weighted by atomic mass is 16.2. The predicted molar refractivity (Wildman–Crippen MR) is 98.4 cm³/mol. The average molecular weight is 323 g/mol. The van der Waals surface area contributed by atoms with E-state index >= 15 is 0 Å². The fraction of sp³-hybridized carbons (Fsp3) is 0.350. The number of carbonyl (C=O) groups excluding carboxylic acids is 1. The maximum atomic E-state index is 12.3. The first-order chi connectivity index (χ1) is 11.6. The number of hydrogen-bond donors (Lipinski definition) is 1. The van der Waals surface area contributed by atoms with Crippen LogP contribution in [0.1, 0.15) is 16.7 Å². The number of anilines is 1. The second-order valence-corrected chi connectivity index (χ2v) is 6.46. The van der Waals surface area contributed by atoms with Gasteiger partial charge in [-0.3, -0.25) is 0 Å². The van der Waals surface area contributed by atoms with Gasteiger partial charge in [0.05, 0.1) is 0 Å². The van der Waals surface area contributed by atoms with Crippen LogP contribution in [0.2, 0.25) is 0 Å². The molecule has 126 valence electrons. The third kappa shape index (κ3) is 4.07. The number of carbonyl (C=O) groups is 1. The quantitative estimate of drug-likeness (QED) is 0.940. The molecule has 2 aromatic carbocycles. The Morgan fingerprint density at radius 3 is 2.33 bits per heavy atom. The molecule has 0 aliphatic carbocycles. The molecule has 4 heteroatoms. The second kappa shape index (κ2) is 7.39. The van der Waals surface area contributed by atoms with Crippen LogP contribution in [0.15, 0.2) is 48.5 Å². The smallest absolute Gasteiger partial charge is 0.317 e. The first-order valence-electron chi connectivity index (χ1n) is 8.52. The Balaban J connectivity index is 1.49. The van der Waals surface area contributed by atoms with Crippen molar-refractivity contribution < 1.29 is 4.79 Å². The number of urea groups is 1. The van der Waals surface area contributed by atoms with Gasteiger partial charge in [0.25, 0.3) is 0 Å².